The zero-order valence-electron chi connectivity index (χ0n) is 10.9. The van der Waals surface area contributed by atoms with Gasteiger partial charge in [0.15, 0.2) is 0 Å². The molecule has 1 fully saturated rings. The van der Waals surface area contributed by atoms with Gasteiger partial charge in [-0.15, -0.1) is 0 Å². The second-order valence-electron chi connectivity index (χ2n) is 5.06. The van der Waals surface area contributed by atoms with Gasteiger partial charge in [-0.3, -0.25) is 9.78 Å². The van der Waals surface area contributed by atoms with Crippen molar-refractivity contribution in [3.05, 3.63) is 29.6 Å². The van der Waals surface area contributed by atoms with Crippen LogP contribution in [0.5, 0.6) is 0 Å². The molecule has 0 aliphatic carbocycles. The predicted molar refractivity (Wildman–Crippen MR) is 73.6 cm³/mol. The average molecular weight is 280 g/mol. The van der Waals surface area contributed by atoms with Crippen LogP contribution in [0, 0.1) is 0 Å². The Kier molecular flexibility index (Phi) is 3.80. The fourth-order valence-corrected chi connectivity index (χ4v) is 3.22. The number of amides is 1. The highest BCUT2D eigenvalue weighted by Crippen LogP contribution is 2.30. The third kappa shape index (κ3) is 3.07. The Morgan fingerprint density at radius 1 is 1.42 bits per heavy atom. The first kappa shape index (κ1) is 13.9. The van der Waals surface area contributed by atoms with Crippen LogP contribution in [0.2, 0.25) is 0 Å². The molecule has 0 bridgehead atoms. The summed E-state index contributed by atoms with van der Waals surface area (Å²) < 4.78 is 0.00429. The van der Waals surface area contributed by atoms with Crippen LogP contribution in [0.4, 0.5) is 0 Å². The lowest BCUT2D eigenvalue weighted by molar-refractivity contribution is 0.0673. The zero-order valence-corrected chi connectivity index (χ0v) is 11.7. The number of hydrogen-bond donors (Lipinski definition) is 1. The van der Waals surface area contributed by atoms with Crippen LogP contribution in [0.15, 0.2) is 18.5 Å². The fraction of sp³-hybridized carbons (Fsp3) is 0.462. The van der Waals surface area contributed by atoms with Gasteiger partial charge in [0, 0.05) is 36.0 Å². The van der Waals surface area contributed by atoms with Crippen LogP contribution in [0.25, 0.3) is 0 Å². The van der Waals surface area contributed by atoms with Crippen molar-refractivity contribution in [1.82, 2.24) is 9.88 Å². The summed E-state index contributed by atoms with van der Waals surface area (Å²) in [6.45, 7) is 5.44. The molecule has 1 aromatic heterocycles. The normalized spacial score (nSPS) is 18.1. The van der Waals surface area contributed by atoms with E-state index in [2.05, 4.69) is 18.8 Å². The van der Waals surface area contributed by atoms with Gasteiger partial charge >= 0.3 is 5.97 Å². The number of thioether (sulfide) groups is 1. The Hall–Kier alpha value is -1.56. The van der Waals surface area contributed by atoms with Gasteiger partial charge < -0.3 is 10.0 Å². The van der Waals surface area contributed by atoms with Gasteiger partial charge in [0.2, 0.25) is 0 Å². The van der Waals surface area contributed by atoms with E-state index in [1.54, 1.807) is 4.90 Å². The van der Waals surface area contributed by atoms with Crippen LogP contribution in [0.1, 0.15) is 34.6 Å². The molecule has 2 heterocycles. The summed E-state index contributed by atoms with van der Waals surface area (Å²) in [6, 6.07) is 1.47. The van der Waals surface area contributed by atoms with Crippen molar-refractivity contribution in [2.24, 2.45) is 0 Å². The maximum atomic E-state index is 12.4. The molecule has 102 valence electrons. The molecule has 1 N–H and O–H groups in total. The van der Waals surface area contributed by atoms with Crippen molar-refractivity contribution < 1.29 is 14.7 Å². The van der Waals surface area contributed by atoms with E-state index in [1.807, 2.05) is 11.8 Å². The second-order valence-corrected chi connectivity index (χ2v) is 6.86. The monoisotopic (exact) mass is 280 g/mol. The highest BCUT2D eigenvalue weighted by Gasteiger charge is 2.31. The number of carbonyl (C=O) groups excluding carboxylic acids is 1. The number of pyridine rings is 1. The van der Waals surface area contributed by atoms with Crippen molar-refractivity contribution in [1.29, 1.82) is 0 Å². The van der Waals surface area contributed by atoms with Crippen LogP contribution >= 0.6 is 11.8 Å². The van der Waals surface area contributed by atoms with Crippen molar-refractivity contribution in [3.63, 3.8) is 0 Å². The van der Waals surface area contributed by atoms with Gasteiger partial charge in [0.05, 0.1) is 11.1 Å². The highest BCUT2D eigenvalue weighted by molar-refractivity contribution is 8.00. The molecule has 0 saturated carbocycles. The summed E-state index contributed by atoms with van der Waals surface area (Å²) in [5.74, 6) is -0.484. The minimum absolute atomic E-state index is 0.00429. The quantitative estimate of drug-likeness (QED) is 0.893. The van der Waals surface area contributed by atoms with Gasteiger partial charge in [-0.2, -0.15) is 11.8 Å². The van der Waals surface area contributed by atoms with E-state index in [1.165, 1.54) is 18.5 Å². The highest BCUT2D eigenvalue weighted by atomic mass is 32.2. The number of carbonyl (C=O) groups is 2. The smallest absolute Gasteiger partial charge is 0.338 e. The van der Waals surface area contributed by atoms with E-state index in [9.17, 15) is 9.59 Å². The van der Waals surface area contributed by atoms with E-state index in [4.69, 9.17) is 5.11 Å². The third-order valence-corrected chi connectivity index (χ3v) is 4.29. The third-order valence-electron chi connectivity index (χ3n) is 2.99. The Morgan fingerprint density at radius 2 is 2.16 bits per heavy atom. The number of aromatic carboxylic acids is 1. The average Bonchev–Trinajstić information content (AvgIpc) is 2.36. The molecule has 0 atom stereocenters. The summed E-state index contributed by atoms with van der Waals surface area (Å²) >= 11 is 1.82. The molecule has 1 amide bonds. The number of aromatic nitrogens is 1. The summed E-state index contributed by atoms with van der Waals surface area (Å²) in [4.78, 5) is 29.0. The molecule has 1 aliphatic rings. The van der Waals surface area contributed by atoms with E-state index in [0.29, 0.717) is 13.1 Å². The minimum atomic E-state index is -1.12. The van der Waals surface area contributed by atoms with Gasteiger partial charge in [-0.05, 0) is 19.9 Å². The molecule has 5 nitrogen and oxygen atoms in total. The second kappa shape index (κ2) is 5.21. The first-order valence-electron chi connectivity index (χ1n) is 6.01. The lowest BCUT2D eigenvalue weighted by atomic mass is 10.1. The first-order valence-corrected chi connectivity index (χ1v) is 7.00. The number of carboxylic acids is 1. The molecule has 0 spiro atoms. The van der Waals surface area contributed by atoms with E-state index in [-0.39, 0.29) is 21.8 Å². The van der Waals surface area contributed by atoms with Crippen molar-refractivity contribution >= 4 is 23.6 Å². The van der Waals surface area contributed by atoms with Gasteiger partial charge in [-0.25, -0.2) is 4.79 Å². The van der Waals surface area contributed by atoms with Gasteiger partial charge in [0.25, 0.3) is 5.91 Å². The lowest BCUT2D eigenvalue weighted by Crippen LogP contribution is -2.46. The van der Waals surface area contributed by atoms with E-state index >= 15 is 0 Å². The number of rotatable bonds is 2. The van der Waals surface area contributed by atoms with Crippen molar-refractivity contribution in [2.75, 3.05) is 18.8 Å². The Morgan fingerprint density at radius 3 is 2.79 bits per heavy atom. The SMILES string of the molecule is CC1(C)CN(C(=O)c2ccncc2C(=O)O)CCS1. The van der Waals surface area contributed by atoms with Gasteiger partial charge in [-0.1, -0.05) is 0 Å². The van der Waals surface area contributed by atoms with E-state index < -0.39 is 5.97 Å². The number of carboxylic acid groups (broad SMARTS) is 1. The molecule has 0 unspecified atom stereocenters. The van der Waals surface area contributed by atoms with Crippen molar-refractivity contribution in [2.45, 2.75) is 18.6 Å². The molecular weight excluding hydrogens is 264 g/mol. The summed E-state index contributed by atoms with van der Waals surface area (Å²) in [5, 5.41) is 9.10. The van der Waals surface area contributed by atoms with Crippen LogP contribution in [-0.2, 0) is 0 Å². The van der Waals surface area contributed by atoms with Gasteiger partial charge in [0.1, 0.15) is 0 Å². The van der Waals surface area contributed by atoms with E-state index in [0.717, 1.165) is 5.75 Å². The summed E-state index contributed by atoms with van der Waals surface area (Å²) in [7, 11) is 0. The van der Waals surface area contributed by atoms with Crippen LogP contribution < -0.4 is 0 Å². The molecule has 2 rings (SSSR count). The standard InChI is InChI=1S/C13H16N2O3S/c1-13(2)8-15(5-6-19-13)11(16)9-3-4-14-7-10(9)12(17)18/h3-4,7H,5-6,8H2,1-2H3,(H,17,18). The zero-order chi connectivity index (χ0) is 14.0. The fourth-order valence-electron chi connectivity index (χ4n) is 2.11. The summed E-state index contributed by atoms with van der Waals surface area (Å²) in [5.41, 5.74) is 0.175. The maximum Gasteiger partial charge on any atom is 0.338 e. The Labute approximate surface area is 116 Å². The topological polar surface area (TPSA) is 70.5 Å². The molecule has 6 heteroatoms. The van der Waals surface area contributed by atoms with Crippen molar-refractivity contribution in [3.8, 4) is 0 Å². The molecule has 19 heavy (non-hydrogen) atoms. The Bertz CT molecular complexity index is 516. The summed E-state index contributed by atoms with van der Waals surface area (Å²) in [6.07, 6.45) is 2.67. The number of nitrogens with zero attached hydrogens (tertiary/aromatic N) is 2. The van der Waals surface area contributed by atoms with Crippen LogP contribution in [0.3, 0.4) is 0 Å². The molecule has 0 aromatic carbocycles. The van der Waals surface area contributed by atoms with Crippen LogP contribution in [-0.4, -0.2) is 50.5 Å². The molecule has 1 aromatic rings. The molecule has 1 aliphatic heterocycles. The lowest BCUT2D eigenvalue weighted by Gasteiger charge is -2.37. The molecular formula is C13H16N2O3S. The maximum absolute atomic E-state index is 12.4. The Balaban J connectivity index is 2.27. The largest absolute Gasteiger partial charge is 0.478 e. The molecule has 0 radical (unpaired) electrons. The first-order chi connectivity index (χ1) is 8.91. The predicted octanol–water partition coefficient (Wildman–Crippen LogP) is 1.75. The minimum Gasteiger partial charge on any atom is -0.478 e. The molecule has 1 saturated heterocycles. The number of hydrogen-bond acceptors (Lipinski definition) is 4.